The molecule has 0 heterocycles. The van der Waals surface area contributed by atoms with E-state index in [1.165, 1.54) is 0 Å². The maximum absolute atomic E-state index is 8.55. The van der Waals surface area contributed by atoms with E-state index in [9.17, 15) is 0 Å². The summed E-state index contributed by atoms with van der Waals surface area (Å²) in [5.74, 6) is 0. The molecule has 0 rings (SSSR count). The van der Waals surface area contributed by atoms with E-state index in [0.717, 1.165) is 0 Å². The number of hydrogen-bond donors (Lipinski definition) is 0. The molecule has 0 aromatic heterocycles. The molecule has 0 unspecified atom stereocenters. The van der Waals surface area contributed by atoms with Crippen LogP contribution in [0.15, 0.2) is 0 Å². The molecular weight excluding hydrogens is 1310 g/mol. The zero-order valence-corrected chi connectivity index (χ0v) is 25.6. The van der Waals surface area contributed by atoms with Gasteiger partial charge in [-0.25, -0.2) is 0 Å². The van der Waals surface area contributed by atoms with Crippen LogP contribution in [0.2, 0.25) is 0 Å². The van der Waals surface area contributed by atoms with E-state index in [0.29, 0.717) is 0 Å². The van der Waals surface area contributed by atoms with Crippen LogP contribution in [0.4, 0.5) is 0 Å². The van der Waals surface area contributed by atoms with Crippen molar-refractivity contribution in [3.05, 3.63) is 0 Å². The zero-order valence-electron chi connectivity index (χ0n) is 11.8. The van der Waals surface area contributed by atoms with Crippen LogP contribution in [0.3, 0.4) is 0 Å². The van der Waals surface area contributed by atoms with Crippen LogP contribution in [-0.2, 0) is 22.8 Å². The summed E-state index contributed by atoms with van der Waals surface area (Å²) in [5.41, 5.74) is 0. The van der Waals surface area contributed by atoms with Crippen LogP contribution in [0.25, 0.3) is 0 Å². The standard InChI is InChI=1S/5Er.5H3O4P/c;;;;;5*1-5(2,3)4/h;;;;;5*(H3,1,2,3,4)/q5*+3;;;;;/p-15. The minimum Gasteiger partial charge on any atom is -0.822 e. The largest absolute Gasteiger partial charge is 3.00 e. The molecule has 0 aliphatic heterocycles. The SMILES string of the molecule is O=P([O-])([O-])[O-].O=P([O-])([O-])[O-].O=P([O-])([O-])[O-].O=P([O-])([O-])[O-].O=P([O-])([O-])[O-].[Er+3].[Er+3].[Er+3].[Er+3].[Er+3]. The third-order valence-electron chi connectivity index (χ3n) is 0. The van der Waals surface area contributed by atoms with Crippen molar-refractivity contribution in [1.29, 1.82) is 0 Å². The predicted molar refractivity (Wildman–Crippen MR) is 38.0 cm³/mol. The van der Waals surface area contributed by atoms with Gasteiger partial charge in [0, 0.05) is 0 Å². The van der Waals surface area contributed by atoms with Crippen LogP contribution < -0.4 is 73.4 Å². The summed E-state index contributed by atoms with van der Waals surface area (Å²) in [5, 5.41) is 0. The Morgan fingerprint density at radius 3 is 0.233 bits per heavy atom. The predicted octanol–water partition coefficient (Wildman–Crippen LogP) is -14.1. The van der Waals surface area contributed by atoms with Crippen molar-refractivity contribution in [2.75, 3.05) is 0 Å². The van der Waals surface area contributed by atoms with Gasteiger partial charge < -0.3 is 96.2 Å². The Morgan fingerprint density at radius 1 is 0.233 bits per heavy atom. The normalized spacial score (nSPS) is 9.83. The fraction of sp³-hybridized carbons (Fsp3) is 0. The number of phosphoric acid groups is 5. The van der Waals surface area contributed by atoms with Gasteiger partial charge in [-0.1, -0.05) is 0 Å². The summed E-state index contributed by atoms with van der Waals surface area (Å²) in [6, 6.07) is 0. The molecule has 0 spiro atoms. The van der Waals surface area contributed by atoms with Gasteiger partial charge in [0.1, 0.15) is 0 Å². The quantitative estimate of drug-likeness (QED) is 0.203. The van der Waals surface area contributed by atoms with E-state index in [1.54, 1.807) is 0 Å². The fourth-order valence-corrected chi connectivity index (χ4v) is 0. The molecule has 0 saturated heterocycles. The van der Waals surface area contributed by atoms with Gasteiger partial charge in [-0.15, -0.1) is 0 Å². The summed E-state index contributed by atoms with van der Waals surface area (Å²) < 4.78 is 42.7. The molecule has 0 atom stereocenters. The van der Waals surface area contributed by atoms with E-state index >= 15 is 0 Å². The second kappa shape index (κ2) is 32.0. The molecule has 0 amide bonds. The van der Waals surface area contributed by atoms with Crippen molar-refractivity contribution in [1.82, 2.24) is 0 Å². The van der Waals surface area contributed by atoms with Crippen molar-refractivity contribution < 1.29 is 283 Å². The minimum atomic E-state index is -5.39. The third kappa shape index (κ3) is 863. The first-order valence-corrected chi connectivity index (χ1v) is 11.0. The molecule has 0 saturated carbocycles. The van der Waals surface area contributed by atoms with Crippen LogP contribution in [0.1, 0.15) is 0 Å². The van der Waals surface area contributed by atoms with Gasteiger partial charge >= 0.3 is 187 Å². The Hall–Kier alpha value is 6.78. The second-order valence-electron chi connectivity index (χ2n) is 2.24. The number of hydrogen-bond acceptors (Lipinski definition) is 20. The Bertz CT molecular complexity index is 385. The van der Waals surface area contributed by atoms with Crippen molar-refractivity contribution in [3.63, 3.8) is 0 Å². The molecule has 0 fully saturated rings. The van der Waals surface area contributed by atoms with Crippen LogP contribution >= 0.6 is 39.1 Å². The molecule has 0 aliphatic carbocycles. The van der Waals surface area contributed by atoms with Gasteiger partial charge in [-0.2, -0.15) is 39.1 Å². The van der Waals surface area contributed by atoms with Gasteiger partial charge in [0.25, 0.3) is 0 Å². The monoisotopic (exact) mass is 1300 g/mol. The first-order valence-electron chi connectivity index (χ1n) is 3.65. The van der Waals surface area contributed by atoms with Gasteiger partial charge in [-0.05, 0) is 0 Å². The van der Waals surface area contributed by atoms with E-state index in [2.05, 4.69) is 0 Å². The summed E-state index contributed by atoms with van der Waals surface area (Å²) in [6.07, 6.45) is 0. The second-order valence-corrected chi connectivity index (χ2v) is 6.71. The first kappa shape index (κ1) is 65.7. The molecule has 0 aromatic rings. The smallest absolute Gasteiger partial charge is 0.822 e. The van der Waals surface area contributed by atoms with Crippen molar-refractivity contribution in [2.45, 2.75) is 0 Å². The Morgan fingerprint density at radius 2 is 0.233 bits per heavy atom. The topological polar surface area (TPSA) is 431 Å². The summed E-state index contributed by atoms with van der Waals surface area (Å²) in [6.45, 7) is 0. The molecule has 0 aromatic carbocycles. The number of rotatable bonds is 0. The van der Waals surface area contributed by atoms with Crippen molar-refractivity contribution >= 4 is 39.1 Å². The maximum Gasteiger partial charge on any atom is 3.00 e. The van der Waals surface area contributed by atoms with Crippen LogP contribution in [0, 0.1) is 187 Å². The molecule has 0 N–H and O–H groups in total. The van der Waals surface area contributed by atoms with Gasteiger partial charge in [0.15, 0.2) is 0 Å². The van der Waals surface area contributed by atoms with Crippen LogP contribution in [0.5, 0.6) is 0 Å². The van der Waals surface area contributed by atoms with E-state index in [4.69, 9.17) is 96.2 Å². The van der Waals surface area contributed by atoms with Gasteiger partial charge in [0.2, 0.25) is 0 Å². The molecule has 30 heavy (non-hydrogen) atoms. The van der Waals surface area contributed by atoms with Crippen LogP contribution in [-0.4, -0.2) is 0 Å². The first-order chi connectivity index (χ1) is 10.0. The Balaban J connectivity index is -0.0000000200. The molecule has 0 aliphatic rings. The molecule has 205 valence electrons. The van der Waals surface area contributed by atoms with E-state index in [1.807, 2.05) is 0 Å². The average molecular weight is 1310 g/mol. The average Bonchev–Trinajstić information content (AvgIpc) is 1.79. The minimum absolute atomic E-state index is 0. The fourth-order valence-electron chi connectivity index (χ4n) is 0. The summed E-state index contributed by atoms with van der Waals surface area (Å²) in [4.78, 5) is 128. The third-order valence-corrected chi connectivity index (χ3v) is 0. The molecular formula is Er5O20P5. The van der Waals surface area contributed by atoms with Gasteiger partial charge in [0.05, 0.1) is 0 Å². The van der Waals surface area contributed by atoms with E-state index in [-0.39, 0.29) is 187 Å². The Kier molecular flexibility index (Phi) is 70.0. The molecule has 30 heteroatoms. The summed E-state index contributed by atoms with van der Waals surface area (Å²) >= 11 is 0. The zero-order chi connectivity index (χ0) is 22.5. The Labute approximate surface area is 315 Å². The van der Waals surface area contributed by atoms with E-state index < -0.39 is 39.1 Å². The van der Waals surface area contributed by atoms with Crippen molar-refractivity contribution in [3.8, 4) is 0 Å². The molecule has 5 radical (unpaired) electrons. The maximum atomic E-state index is 8.55. The molecule has 0 bridgehead atoms. The van der Waals surface area contributed by atoms with Gasteiger partial charge in [-0.3, -0.25) is 0 Å². The summed E-state index contributed by atoms with van der Waals surface area (Å²) in [7, 11) is -26.9. The molecule has 20 nitrogen and oxygen atoms in total. The van der Waals surface area contributed by atoms with Crippen molar-refractivity contribution in [2.24, 2.45) is 0 Å².